The standard InChI is InChI=1S/C11H15Br2N3O3/c1-3-11(6-12,7-13)14-10(17)9-4-8(16(18)19)5-15(9)2/h4-5H,3,6-7H2,1-2H3,(H,14,17). The summed E-state index contributed by atoms with van der Waals surface area (Å²) in [5, 5.41) is 14.8. The van der Waals surface area contributed by atoms with Crippen molar-refractivity contribution in [1.82, 2.24) is 9.88 Å². The van der Waals surface area contributed by atoms with Crippen LogP contribution in [0, 0.1) is 10.1 Å². The highest BCUT2D eigenvalue weighted by Crippen LogP contribution is 2.20. The average molecular weight is 397 g/mol. The van der Waals surface area contributed by atoms with Gasteiger partial charge in [0, 0.05) is 23.8 Å². The Morgan fingerprint density at radius 3 is 2.47 bits per heavy atom. The van der Waals surface area contributed by atoms with Crippen molar-refractivity contribution in [3.63, 3.8) is 0 Å². The Hall–Kier alpha value is -0.890. The minimum Gasteiger partial charge on any atom is -0.344 e. The monoisotopic (exact) mass is 395 g/mol. The van der Waals surface area contributed by atoms with Crippen LogP contribution in [-0.4, -0.2) is 31.6 Å². The molecule has 0 saturated heterocycles. The fourth-order valence-corrected chi connectivity index (χ4v) is 3.56. The Morgan fingerprint density at radius 2 is 2.11 bits per heavy atom. The summed E-state index contributed by atoms with van der Waals surface area (Å²) < 4.78 is 1.45. The second kappa shape index (κ2) is 6.51. The number of hydrogen-bond donors (Lipinski definition) is 1. The lowest BCUT2D eigenvalue weighted by Gasteiger charge is -2.29. The summed E-state index contributed by atoms with van der Waals surface area (Å²) >= 11 is 6.76. The van der Waals surface area contributed by atoms with Crippen LogP contribution in [0.15, 0.2) is 12.3 Å². The molecule has 1 aromatic rings. The van der Waals surface area contributed by atoms with E-state index < -0.39 is 10.5 Å². The fraction of sp³-hybridized carbons (Fsp3) is 0.545. The molecule has 0 aliphatic rings. The summed E-state index contributed by atoms with van der Waals surface area (Å²) in [6.07, 6.45) is 2.06. The van der Waals surface area contributed by atoms with E-state index in [0.717, 1.165) is 6.42 Å². The molecule has 1 aromatic heterocycles. The van der Waals surface area contributed by atoms with Crippen LogP contribution in [-0.2, 0) is 7.05 Å². The first-order valence-electron chi connectivity index (χ1n) is 5.64. The maximum Gasteiger partial charge on any atom is 0.287 e. The molecule has 8 heteroatoms. The number of nitro groups is 1. The predicted octanol–water partition coefficient (Wildman–Crippen LogP) is 2.60. The second-order valence-electron chi connectivity index (χ2n) is 4.31. The number of halogens is 2. The SMILES string of the molecule is CCC(CBr)(CBr)NC(=O)c1cc([N+](=O)[O-])cn1C. The summed E-state index contributed by atoms with van der Waals surface area (Å²) in [7, 11) is 1.61. The van der Waals surface area contributed by atoms with Gasteiger partial charge in [-0.15, -0.1) is 0 Å². The summed E-state index contributed by atoms with van der Waals surface area (Å²) in [5.74, 6) is -0.323. The summed E-state index contributed by atoms with van der Waals surface area (Å²) in [4.78, 5) is 22.4. The number of nitrogens with one attached hydrogen (secondary N) is 1. The number of carbonyl (C=O) groups is 1. The molecule has 1 amide bonds. The van der Waals surface area contributed by atoms with Crippen LogP contribution in [0.4, 0.5) is 5.69 Å². The van der Waals surface area contributed by atoms with Gasteiger partial charge < -0.3 is 9.88 Å². The minimum absolute atomic E-state index is 0.0903. The van der Waals surface area contributed by atoms with Crippen molar-refractivity contribution in [3.8, 4) is 0 Å². The van der Waals surface area contributed by atoms with Crippen LogP contribution >= 0.6 is 31.9 Å². The average Bonchev–Trinajstić information content (AvgIpc) is 2.78. The number of alkyl halides is 2. The molecule has 1 rings (SSSR count). The Balaban J connectivity index is 2.98. The van der Waals surface area contributed by atoms with Gasteiger partial charge in [0.15, 0.2) is 0 Å². The summed E-state index contributed by atoms with van der Waals surface area (Å²) in [6.45, 7) is 1.97. The maximum absolute atomic E-state index is 12.2. The Morgan fingerprint density at radius 1 is 1.53 bits per heavy atom. The molecule has 0 aliphatic carbocycles. The van der Waals surface area contributed by atoms with Crippen LogP contribution in [0.2, 0.25) is 0 Å². The molecule has 0 fully saturated rings. The number of amides is 1. The van der Waals surface area contributed by atoms with Gasteiger partial charge in [-0.1, -0.05) is 38.8 Å². The van der Waals surface area contributed by atoms with E-state index in [0.29, 0.717) is 10.7 Å². The molecule has 6 nitrogen and oxygen atoms in total. The van der Waals surface area contributed by atoms with E-state index in [1.807, 2.05) is 6.92 Å². The van der Waals surface area contributed by atoms with Crippen LogP contribution in [0.25, 0.3) is 0 Å². The zero-order valence-electron chi connectivity index (χ0n) is 10.7. The van der Waals surface area contributed by atoms with E-state index in [2.05, 4.69) is 37.2 Å². The molecule has 0 radical (unpaired) electrons. The Bertz CT molecular complexity index is 475. The van der Waals surface area contributed by atoms with Gasteiger partial charge in [-0.05, 0) is 6.42 Å². The van der Waals surface area contributed by atoms with E-state index in [1.54, 1.807) is 7.05 Å². The molecule has 0 aliphatic heterocycles. The maximum atomic E-state index is 12.2. The number of nitrogens with zero attached hydrogens (tertiary/aromatic N) is 2. The van der Waals surface area contributed by atoms with E-state index in [4.69, 9.17) is 0 Å². The third-order valence-corrected chi connectivity index (χ3v) is 5.15. The van der Waals surface area contributed by atoms with Crippen LogP contribution in [0.3, 0.4) is 0 Å². The van der Waals surface area contributed by atoms with Crippen molar-refractivity contribution in [2.45, 2.75) is 18.9 Å². The molecule has 0 unspecified atom stereocenters. The van der Waals surface area contributed by atoms with Gasteiger partial charge in [0.25, 0.3) is 11.6 Å². The third-order valence-electron chi connectivity index (χ3n) is 3.00. The molecule has 0 aromatic carbocycles. The number of hydrogen-bond acceptors (Lipinski definition) is 3. The van der Waals surface area contributed by atoms with E-state index >= 15 is 0 Å². The predicted molar refractivity (Wildman–Crippen MR) is 80.1 cm³/mol. The first-order chi connectivity index (χ1) is 8.89. The number of aryl methyl sites for hydroxylation is 1. The highest BCUT2D eigenvalue weighted by Gasteiger charge is 2.29. The molecule has 0 bridgehead atoms. The fourth-order valence-electron chi connectivity index (χ4n) is 1.56. The van der Waals surface area contributed by atoms with Gasteiger partial charge in [0.05, 0.1) is 16.7 Å². The molecule has 0 atom stereocenters. The number of carbonyl (C=O) groups excluding carboxylic acids is 1. The normalized spacial score (nSPS) is 11.4. The molecule has 0 saturated carbocycles. The Labute approximate surface area is 128 Å². The lowest BCUT2D eigenvalue weighted by Crippen LogP contribution is -2.51. The molecule has 1 heterocycles. The molecular formula is C11H15Br2N3O3. The van der Waals surface area contributed by atoms with Crippen molar-refractivity contribution >= 4 is 43.5 Å². The van der Waals surface area contributed by atoms with Gasteiger partial charge in [-0.3, -0.25) is 14.9 Å². The van der Waals surface area contributed by atoms with E-state index in [1.165, 1.54) is 16.8 Å². The van der Waals surface area contributed by atoms with Gasteiger partial charge in [-0.25, -0.2) is 0 Å². The molecule has 106 valence electrons. The number of rotatable bonds is 6. The van der Waals surface area contributed by atoms with Crippen molar-refractivity contribution in [2.24, 2.45) is 7.05 Å². The lowest BCUT2D eigenvalue weighted by molar-refractivity contribution is -0.384. The zero-order valence-corrected chi connectivity index (χ0v) is 13.8. The van der Waals surface area contributed by atoms with Gasteiger partial charge in [-0.2, -0.15) is 0 Å². The van der Waals surface area contributed by atoms with Gasteiger partial charge in [0.2, 0.25) is 0 Å². The van der Waals surface area contributed by atoms with Gasteiger partial charge >= 0.3 is 0 Å². The van der Waals surface area contributed by atoms with Crippen LogP contribution in [0.1, 0.15) is 23.8 Å². The lowest BCUT2D eigenvalue weighted by atomic mass is 10.0. The first kappa shape index (κ1) is 16.2. The van der Waals surface area contributed by atoms with E-state index in [9.17, 15) is 14.9 Å². The Kier molecular flexibility index (Phi) is 5.54. The second-order valence-corrected chi connectivity index (χ2v) is 5.43. The highest BCUT2D eigenvalue weighted by atomic mass is 79.9. The first-order valence-corrected chi connectivity index (χ1v) is 7.88. The van der Waals surface area contributed by atoms with Gasteiger partial charge in [0.1, 0.15) is 5.69 Å². The molecular weight excluding hydrogens is 382 g/mol. The summed E-state index contributed by atoms with van der Waals surface area (Å²) in [6, 6.07) is 1.28. The van der Waals surface area contributed by atoms with Crippen molar-refractivity contribution in [1.29, 1.82) is 0 Å². The third kappa shape index (κ3) is 3.56. The summed E-state index contributed by atoms with van der Waals surface area (Å²) in [5.41, 5.74) is -0.227. The van der Waals surface area contributed by atoms with Crippen molar-refractivity contribution in [3.05, 3.63) is 28.1 Å². The smallest absolute Gasteiger partial charge is 0.287 e. The zero-order chi connectivity index (χ0) is 14.6. The van der Waals surface area contributed by atoms with Crippen molar-refractivity contribution < 1.29 is 9.72 Å². The molecule has 0 spiro atoms. The van der Waals surface area contributed by atoms with Crippen LogP contribution in [0.5, 0.6) is 0 Å². The highest BCUT2D eigenvalue weighted by molar-refractivity contribution is 9.09. The van der Waals surface area contributed by atoms with E-state index in [-0.39, 0.29) is 17.3 Å². The van der Waals surface area contributed by atoms with Crippen LogP contribution < -0.4 is 5.32 Å². The number of aromatic nitrogens is 1. The largest absolute Gasteiger partial charge is 0.344 e. The molecule has 19 heavy (non-hydrogen) atoms. The van der Waals surface area contributed by atoms with Crippen molar-refractivity contribution in [2.75, 3.05) is 10.7 Å². The molecule has 1 N–H and O–H groups in total. The quantitative estimate of drug-likeness (QED) is 0.456. The topological polar surface area (TPSA) is 77.2 Å². The minimum atomic E-state index is -0.515.